The summed E-state index contributed by atoms with van der Waals surface area (Å²) >= 11 is 5.10. The molecular formula is C16H22N6O2S. The van der Waals surface area contributed by atoms with Crippen molar-refractivity contribution in [1.29, 1.82) is 0 Å². The van der Waals surface area contributed by atoms with Crippen LogP contribution in [0.3, 0.4) is 0 Å². The SMILES string of the molecule is CCCn1nnc(NC(=S)NC(=O)c2ccc(OCC(C)C)cc2)n1. The van der Waals surface area contributed by atoms with Crippen LogP contribution in [-0.4, -0.2) is 37.8 Å². The lowest BCUT2D eigenvalue weighted by Crippen LogP contribution is -2.34. The Balaban J connectivity index is 1.86. The van der Waals surface area contributed by atoms with E-state index in [9.17, 15) is 4.79 Å². The van der Waals surface area contributed by atoms with Crippen molar-refractivity contribution < 1.29 is 9.53 Å². The molecule has 0 aliphatic carbocycles. The van der Waals surface area contributed by atoms with Crippen molar-refractivity contribution in [2.45, 2.75) is 33.7 Å². The van der Waals surface area contributed by atoms with Crippen molar-refractivity contribution in [3.05, 3.63) is 29.8 Å². The highest BCUT2D eigenvalue weighted by atomic mass is 32.1. The maximum Gasteiger partial charge on any atom is 0.269 e. The number of aromatic nitrogens is 4. The Bertz CT molecular complexity index is 714. The molecule has 2 rings (SSSR count). The summed E-state index contributed by atoms with van der Waals surface area (Å²) in [7, 11) is 0. The Labute approximate surface area is 151 Å². The van der Waals surface area contributed by atoms with E-state index in [0.29, 0.717) is 24.6 Å². The van der Waals surface area contributed by atoms with Crippen LogP contribution in [0.15, 0.2) is 24.3 Å². The average molecular weight is 362 g/mol. The van der Waals surface area contributed by atoms with Gasteiger partial charge in [0.1, 0.15) is 5.75 Å². The first-order valence-electron chi connectivity index (χ1n) is 8.11. The highest BCUT2D eigenvalue weighted by Crippen LogP contribution is 2.13. The molecule has 2 aromatic rings. The van der Waals surface area contributed by atoms with Crippen LogP contribution in [0.4, 0.5) is 5.95 Å². The van der Waals surface area contributed by atoms with Crippen LogP contribution >= 0.6 is 12.2 Å². The summed E-state index contributed by atoms with van der Waals surface area (Å²) in [6.45, 7) is 7.46. The van der Waals surface area contributed by atoms with Crippen LogP contribution in [-0.2, 0) is 6.54 Å². The first-order chi connectivity index (χ1) is 12.0. The molecule has 0 aliphatic heterocycles. The lowest BCUT2D eigenvalue weighted by atomic mass is 10.2. The molecule has 25 heavy (non-hydrogen) atoms. The second-order valence-electron chi connectivity index (χ2n) is 5.85. The van der Waals surface area contributed by atoms with Crippen molar-refractivity contribution in [3.63, 3.8) is 0 Å². The molecule has 1 amide bonds. The zero-order valence-electron chi connectivity index (χ0n) is 14.5. The van der Waals surface area contributed by atoms with Gasteiger partial charge in [0.15, 0.2) is 5.11 Å². The van der Waals surface area contributed by atoms with Crippen LogP contribution < -0.4 is 15.4 Å². The monoisotopic (exact) mass is 362 g/mol. The van der Waals surface area contributed by atoms with Gasteiger partial charge in [-0.2, -0.15) is 4.80 Å². The fourth-order valence-electron chi connectivity index (χ4n) is 1.86. The number of carbonyl (C=O) groups excluding carboxylic acids is 1. The van der Waals surface area contributed by atoms with E-state index >= 15 is 0 Å². The van der Waals surface area contributed by atoms with Crippen LogP contribution in [0.5, 0.6) is 5.75 Å². The lowest BCUT2D eigenvalue weighted by molar-refractivity contribution is 0.0977. The number of nitrogens with one attached hydrogen (secondary N) is 2. The molecule has 0 atom stereocenters. The van der Waals surface area contributed by atoms with Crippen molar-refractivity contribution in [2.24, 2.45) is 5.92 Å². The molecule has 1 heterocycles. The molecule has 0 fully saturated rings. The van der Waals surface area contributed by atoms with Gasteiger partial charge in [-0.3, -0.25) is 15.4 Å². The van der Waals surface area contributed by atoms with Gasteiger partial charge in [0, 0.05) is 5.56 Å². The van der Waals surface area contributed by atoms with Crippen molar-refractivity contribution in [3.8, 4) is 5.75 Å². The topological polar surface area (TPSA) is 94.0 Å². The minimum absolute atomic E-state index is 0.112. The van der Waals surface area contributed by atoms with E-state index < -0.39 is 0 Å². The number of aryl methyl sites for hydroxylation is 1. The second kappa shape index (κ2) is 9.07. The molecule has 1 aromatic heterocycles. The molecule has 0 aliphatic rings. The van der Waals surface area contributed by atoms with E-state index in [1.54, 1.807) is 24.3 Å². The van der Waals surface area contributed by atoms with Crippen LogP contribution in [0, 0.1) is 5.92 Å². The molecule has 0 saturated carbocycles. The van der Waals surface area contributed by atoms with E-state index in [4.69, 9.17) is 17.0 Å². The van der Waals surface area contributed by atoms with Crippen molar-refractivity contribution in [2.75, 3.05) is 11.9 Å². The number of rotatable bonds is 7. The van der Waals surface area contributed by atoms with Crippen molar-refractivity contribution >= 4 is 29.2 Å². The third-order valence-corrected chi connectivity index (χ3v) is 3.23. The highest BCUT2D eigenvalue weighted by molar-refractivity contribution is 7.80. The Hall–Kier alpha value is -2.55. The normalized spacial score (nSPS) is 10.6. The standard InChI is InChI=1S/C16H22N6O2S/c1-4-9-22-20-15(19-21-22)18-16(25)17-14(23)12-5-7-13(8-6-12)24-10-11(2)3/h5-8,11H,4,9-10H2,1-3H3,(H2,17,18,20,23,25). The Morgan fingerprint density at radius 2 is 2.04 bits per heavy atom. The highest BCUT2D eigenvalue weighted by Gasteiger charge is 2.10. The first kappa shape index (κ1) is 18.8. The van der Waals surface area contributed by atoms with Crippen LogP contribution in [0.2, 0.25) is 0 Å². The fourth-order valence-corrected chi connectivity index (χ4v) is 2.05. The van der Waals surface area contributed by atoms with Gasteiger partial charge in [0.25, 0.3) is 11.9 Å². The van der Waals surface area contributed by atoms with Gasteiger partial charge >= 0.3 is 0 Å². The predicted octanol–water partition coefficient (Wildman–Crippen LogP) is 2.24. The number of amides is 1. The molecule has 0 unspecified atom stereocenters. The van der Waals surface area contributed by atoms with E-state index in [2.05, 4.69) is 39.9 Å². The van der Waals surface area contributed by atoms with Crippen LogP contribution in [0.25, 0.3) is 0 Å². The number of nitrogens with zero attached hydrogens (tertiary/aromatic N) is 4. The number of benzene rings is 1. The lowest BCUT2D eigenvalue weighted by Gasteiger charge is -2.10. The molecular weight excluding hydrogens is 340 g/mol. The van der Waals surface area contributed by atoms with Crippen LogP contribution in [0.1, 0.15) is 37.6 Å². The zero-order chi connectivity index (χ0) is 18.2. The number of carbonyl (C=O) groups is 1. The van der Waals surface area contributed by atoms with Gasteiger partial charge < -0.3 is 4.74 Å². The van der Waals surface area contributed by atoms with Gasteiger partial charge in [-0.15, -0.1) is 5.10 Å². The van der Waals surface area contributed by atoms with E-state index in [1.165, 1.54) is 4.80 Å². The molecule has 134 valence electrons. The Kier molecular flexibility index (Phi) is 6.81. The smallest absolute Gasteiger partial charge is 0.269 e. The maximum atomic E-state index is 12.2. The fraction of sp³-hybridized carbons (Fsp3) is 0.438. The average Bonchev–Trinajstić information content (AvgIpc) is 3.00. The van der Waals surface area contributed by atoms with E-state index in [-0.39, 0.29) is 17.0 Å². The summed E-state index contributed by atoms with van der Waals surface area (Å²) in [4.78, 5) is 13.7. The minimum Gasteiger partial charge on any atom is -0.493 e. The molecule has 8 nitrogen and oxygen atoms in total. The number of thiocarbonyl (C=S) groups is 1. The number of tetrazole rings is 1. The zero-order valence-corrected chi connectivity index (χ0v) is 15.3. The second-order valence-corrected chi connectivity index (χ2v) is 6.25. The van der Waals surface area contributed by atoms with Gasteiger partial charge in [0.2, 0.25) is 0 Å². The molecule has 2 N–H and O–H groups in total. The summed E-state index contributed by atoms with van der Waals surface area (Å²) < 4.78 is 5.59. The number of ether oxygens (including phenoxy) is 1. The predicted molar refractivity (Wildman–Crippen MR) is 98.6 cm³/mol. The summed E-state index contributed by atoms with van der Waals surface area (Å²) in [5.74, 6) is 1.09. The van der Waals surface area contributed by atoms with Gasteiger partial charge in [-0.1, -0.05) is 25.9 Å². The van der Waals surface area contributed by atoms with E-state index in [1.807, 2.05) is 6.92 Å². The quantitative estimate of drug-likeness (QED) is 0.730. The van der Waals surface area contributed by atoms with Gasteiger partial charge in [0.05, 0.1) is 13.2 Å². The number of hydrogen-bond acceptors (Lipinski definition) is 6. The minimum atomic E-state index is -0.325. The molecule has 0 spiro atoms. The molecule has 9 heteroatoms. The largest absolute Gasteiger partial charge is 0.493 e. The third-order valence-electron chi connectivity index (χ3n) is 3.03. The van der Waals surface area contributed by atoms with Crippen molar-refractivity contribution in [1.82, 2.24) is 25.5 Å². The van der Waals surface area contributed by atoms with Gasteiger partial charge in [-0.25, -0.2) is 0 Å². The summed E-state index contributed by atoms with van der Waals surface area (Å²) in [5, 5.41) is 17.2. The summed E-state index contributed by atoms with van der Waals surface area (Å²) in [6.07, 6.45) is 0.897. The molecule has 0 bridgehead atoms. The Morgan fingerprint density at radius 3 is 2.68 bits per heavy atom. The maximum absolute atomic E-state index is 12.2. The summed E-state index contributed by atoms with van der Waals surface area (Å²) in [6, 6.07) is 6.88. The first-order valence-corrected chi connectivity index (χ1v) is 8.51. The van der Waals surface area contributed by atoms with E-state index in [0.717, 1.165) is 12.2 Å². The third kappa shape index (κ3) is 6.11. The molecule has 0 radical (unpaired) electrons. The van der Waals surface area contributed by atoms with Gasteiger partial charge in [-0.05, 0) is 54.0 Å². The molecule has 0 saturated heterocycles. The summed E-state index contributed by atoms with van der Waals surface area (Å²) in [5.41, 5.74) is 0.476. The number of hydrogen-bond donors (Lipinski definition) is 2. The molecule has 1 aromatic carbocycles. The Morgan fingerprint density at radius 1 is 1.32 bits per heavy atom. The number of anilines is 1.